The molecule has 0 bridgehead atoms. The van der Waals surface area contributed by atoms with E-state index in [0.717, 1.165) is 26.9 Å². The van der Waals surface area contributed by atoms with E-state index in [1.807, 2.05) is 12.1 Å². The van der Waals surface area contributed by atoms with Gasteiger partial charge in [0.25, 0.3) is 0 Å². The summed E-state index contributed by atoms with van der Waals surface area (Å²) in [6.45, 7) is 3.14. The summed E-state index contributed by atoms with van der Waals surface area (Å²) >= 11 is 13.1. The van der Waals surface area contributed by atoms with Gasteiger partial charge in [0.05, 0.1) is 6.04 Å². The normalized spacial score (nSPS) is 12.4. The first-order valence-electron chi connectivity index (χ1n) is 6.55. The second-order valence-corrected chi connectivity index (χ2v) is 6.81. The molecule has 4 heteroatoms. The molecule has 0 fully saturated rings. The van der Waals surface area contributed by atoms with Gasteiger partial charge in [-0.3, -0.25) is 0 Å². The molecule has 0 aromatic heterocycles. The maximum absolute atomic E-state index is 6.04. The number of nitrogens with one attached hydrogen (secondary N) is 1. The summed E-state index contributed by atoms with van der Waals surface area (Å²) in [6.07, 6.45) is 1.10. The lowest BCUT2D eigenvalue weighted by atomic mass is 9.98. The second-order valence-electron chi connectivity index (χ2n) is 4.60. The molecule has 0 spiro atoms. The van der Waals surface area contributed by atoms with Crippen LogP contribution in [0, 0.1) is 0 Å². The molecule has 0 aliphatic heterocycles. The summed E-state index contributed by atoms with van der Waals surface area (Å²) in [6, 6.07) is 14.5. The van der Waals surface area contributed by atoms with Gasteiger partial charge >= 0.3 is 0 Å². The number of hydrogen-bond donors (Lipinski definition) is 1. The van der Waals surface area contributed by atoms with Gasteiger partial charge < -0.3 is 5.32 Å². The molecule has 2 aromatic rings. The highest BCUT2D eigenvalue weighted by atomic mass is 79.9. The van der Waals surface area contributed by atoms with E-state index in [1.165, 1.54) is 11.1 Å². The van der Waals surface area contributed by atoms with E-state index in [4.69, 9.17) is 11.6 Å². The van der Waals surface area contributed by atoms with E-state index in [-0.39, 0.29) is 6.04 Å². The molecule has 0 amide bonds. The third-order valence-electron chi connectivity index (χ3n) is 3.08. The molecule has 0 saturated carbocycles. The standard InChI is InChI=1S/C16H16Br2ClN/c1-2-9-20-16(11-3-5-12(17)6-4-11)14-8-7-13(19)10-15(14)18/h3-8,10,16,20H,2,9H2,1H3. The Kier molecular flexibility index (Phi) is 6.09. The van der Waals surface area contributed by atoms with Crippen molar-refractivity contribution >= 4 is 43.5 Å². The van der Waals surface area contributed by atoms with Gasteiger partial charge in [0.2, 0.25) is 0 Å². The van der Waals surface area contributed by atoms with Crippen LogP contribution in [0.5, 0.6) is 0 Å². The molecule has 20 heavy (non-hydrogen) atoms. The smallest absolute Gasteiger partial charge is 0.0587 e. The van der Waals surface area contributed by atoms with Gasteiger partial charge in [-0.25, -0.2) is 0 Å². The molecule has 106 valence electrons. The lowest BCUT2D eigenvalue weighted by Gasteiger charge is -2.21. The van der Waals surface area contributed by atoms with Crippen LogP contribution in [0.3, 0.4) is 0 Å². The maximum atomic E-state index is 6.04. The van der Waals surface area contributed by atoms with Crippen LogP contribution in [0.4, 0.5) is 0 Å². The fraction of sp³-hybridized carbons (Fsp3) is 0.250. The average Bonchev–Trinajstić information content (AvgIpc) is 2.42. The summed E-state index contributed by atoms with van der Waals surface area (Å²) in [5.41, 5.74) is 2.44. The molecule has 0 aliphatic carbocycles. The van der Waals surface area contributed by atoms with Crippen molar-refractivity contribution in [3.05, 3.63) is 67.6 Å². The predicted molar refractivity (Wildman–Crippen MR) is 93.4 cm³/mol. The van der Waals surface area contributed by atoms with Crippen LogP contribution in [0.2, 0.25) is 5.02 Å². The number of benzene rings is 2. The van der Waals surface area contributed by atoms with Gasteiger partial charge in [-0.2, -0.15) is 0 Å². The Morgan fingerprint density at radius 2 is 1.80 bits per heavy atom. The van der Waals surface area contributed by atoms with Crippen molar-refractivity contribution in [1.29, 1.82) is 0 Å². The fourth-order valence-electron chi connectivity index (χ4n) is 2.09. The molecular weight excluding hydrogens is 401 g/mol. The molecule has 0 aliphatic rings. The van der Waals surface area contributed by atoms with Crippen molar-refractivity contribution in [2.45, 2.75) is 19.4 Å². The summed E-state index contributed by atoms with van der Waals surface area (Å²) in [5.74, 6) is 0. The van der Waals surface area contributed by atoms with E-state index < -0.39 is 0 Å². The van der Waals surface area contributed by atoms with Crippen LogP contribution in [-0.4, -0.2) is 6.54 Å². The van der Waals surface area contributed by atoms with Crippen LogP contribution in [0.25, 0.3) is 0 Å². The van der Waals surface area contributed by atoms with Gasteiger partial charge in [-0.05, 0) is 48.4 Å². The Labute approximate surface area is 142 Å². The summed E-state index contributed by atoms with van der Waals surface area (Å²) in [4.78, 5) is 0. The quantitative estimate of drug-likeness (QED) is 0.633. The van der Waals surface area contributed by atoms with E-state index >= 15 is 0 Å². The third kappa shape index (κ3) is 4.08. The molecular formula is C16H16Br2ClN. The molecule has 1 atom stereocenters. The minimum atomic E-state index is 0.162. The Morgan fingerprint density at radius 1 is 1.10 bits per heavy atom. The van der Waals surface area contributed by atoms with E-state index in [0.29, 0.717) is 0 Å². The Bertz CT molecular complexity index is 569. The molecule has 0 radical (unpaired) electrons. The maximum Gasteiger partial charge on any atom is 0.0587 e. The van der Waals surface area contributed by atoms with E-state index in [1.54, 1.807) is 0 Å². The minimum Gasteiger partial charge on any atom is -0.306 e. The number of rotatable bonds is 5. The average molecular weight is 418 g/mol. The van der Waals surface area contributed by atoms with Gasteiger partial charge in [0.15, 0.2) is 0 Å². The summed E-state index contributed by atoms with van der Waals surface area (Å²) in [5, 5.41) is 4.33. The summed E-state index contributed by atoms with van der Waals surface area (Å²) < 4.78 is 2.12. The van der Waals surface area contributed by atoms with Crippen molar-refractivity contribution in [1.82, 2.24) is 5.32 Å². The molecule has 1 N–H and O–H groups in total. The Hall–Kier alpha value is -0.350. The predicted octanol–water partition coefficient (Wildman–Crippen LogP) is 5.95. The SMILES string of the molecule is CCCNC(c1ccc(Br)cc1)c1ccc(Cl)cc1Br. The molecule has 1 nitrogen and oxygen atoms in total. The zero-order valence-electron chi connectivity index (χ0n) is 11.2. The van der Waals surface area contributed by atoms with Crippen LogP contribution in [-0.2, 0) is 0 Å². The van der Waals surface area contributed by atoms with Crippen molar-refractivity contribution in [2.24, 2.45) is 0 Å². The molecule has 2 aromatic carbocycles. The number of halogens is 3. The zero-order valence-corrected chi connectivity index (χ0v) is 15.1. The summed E-state index contributed by atoms with van der Waals surface area (Å²) in [7, 11) is 0. The van der Waals surface area contributed by atoms with Crippen LogP contribution < -0.4 is 5.32 Å². The van der Waals surface area contributed by atoms with Gasteiger partial charge in [-0.1, -0.05) is 68.6 Å². The first-order valence-corrected chi connectivity index (χ1v) is 8.52. The monoisotopic (exact) mass is 415 g/mol. The van der Waals surface area contributed by atoms with E-state index in [9.17, 15) is 0 Å². The molecule has 2 rings (SSSR count). The first kappa shape index (κ1) is 16.0. The Balaban J connectivity index is 2.38. The van der Waals surface area contributed by atoms with E-state index in [2.05, 4.69) is 74.4 Å². The zero-order chi connectivity index (χ0) is 14.5. The molecule has 0 heterocycles. The van der Waals surface area contributed by atoms with Gasteiger partial charge in [-0.15, -0.1) is 0 Å². The van der Waals surface area contributed by atoms with Crippen LogP contribution in [0.15, 0.2) is 51.4 Å². The number of hydrogen-bond acceptors (Lipinski definition) is 1. The van der Waals surface area contributed by atoms with Crippen LogP contribution in [0.1, 0.15) is 30.5 Å². The Morgan fingerprint density at radius 3 is 2.40 bits per heavy atom. The van der Waals surface area contributed by atoms with Crippen molar-refractivity contribution in [3.63, 3.8) is 0 Å². The highest BCUT2D eigenvalue weighted by Gasteiger charge is 2.16. The topological polar surface area (TPSA) is 12.0 Å². The second kappa shape index (κ2) is 7.60. The lowest BCUT2D eigenvalue weighted by molar-refractivity contribution is 0.597. The highest BCUT2D eigenvalue weighted by Crippen LogP contribution is 2.31. The highest BCUT2D eigenvalue weighted by molar-refractivity contribution is 9.10. The molecule has 1 unspecified atom stereocenters. The van der Waals surface area contributed by atoms with Gasteiger partial charge in [0.1, 0.15) is 0 Å². The van der Waals surface area contributed by atoms with Crippen molar-refractivity contribution in [3.8, 4) is 0 Å². The largest absolute Gasteiger partial charge is 0.306 e. The van der Waals surface area contributed by atoms with Crippen LogP contribution >= 0.6 is 43.5 Å². The molecule has 0 saturated heterocycles. The first-order chi connectivity index (χ1) is 9.61. The lowest BCUT2D eigenvalue weighted by Crippen LogP contribution is -2.23. The minimum absolute atomic E-state index is 0.162. The van der Waals surface area contributed by atoms with Gasteiger partial charge in [0, 0.05) is 14.0 Å². The fourth-order valence-corrected chi connectivity index (χ4v) is 3.26. The van der Waals surface area contributed by atoms with Crippen molar-refractivity contribution < 1.29 is 0 Å². The van der Waals surface area contributed by atoms with Crippen molar-refractivity contribution in [2.75, 3.05) is 6.54 Å². The third-order valence-corrected chi connectivity index (χ3v) is 4.53.